The largest absolute Gasteiger partial charge is 0.508 e. The van der Waals surface area contributed by atoms with E-state index in [0.717, 1.165) is 0 Å². The highest BCUT2D eigenvalue weighted by atomic mass is 16.6. The molecule has 0 fully saturated rings. The molecule has 1 amide bonds. The Labute approximate surface area is 82.3 Å². The summed E-state index contributed by atoms with van der Waals surface area (Å²) in [4.78, 5) is 10.6. The van der Waals surface area contributed by atoms with Crippen LogP contribution in [0.3, 0.4) is 0 Å². The zero-order valence-corrected chi connectivity index (χ0v) is 8.15. The van der Waals surface area contributed by atoms with E-state index in [1.807, 2.05) is 0 Å². The fourth-order valence-electron chi connectivity index (χ4n) is 1.19. The van der Waals surface area contributed by atoms with Crippen molar-refractivity contribution in [2.75, 3.05) is 0 Å². The topological polar surface area (TPSA) is 72.5 Å². The molecule has 0 saturated carbocycles. The maximum absolute atomic E-state index is 10.6. The van der Waals surface area contributed by atoms with Gasteiger partial charge in [-0.15, -0.1) is 0 Å². The highest BCUT2D eigenvalue weighted by Crippen LogP contribution is 2.26. The van der Waals surface area contributed by atoms with E-state index < -0.39 is 11.7 Å². The first-order valence-electron chi connectivity index (χ1n) is 4.20. The first kappa shape index (κ1) is 10.4. The quantitative estimate of drug-likeness (QED) is 0.754. The molecule has 4 heteroatoms. The van der Waals surface area contributed by atoms with Crippen molar-refractivity contribution < 1.29 is 14.6 Å². The van der Waals surface area contributed by atoms with Crippen LogP contribution in [0.4, 0.5) is 4.79 Å². The number of hydrogen-bond donors (Lipinski definition) is 2. The molecule has 0 bridgehead atoms. The summed E-state index contributed by atoms with van der Waals surface area (Å²) >= 11 is 0. The van der Waals surface area contributed by atoms with Gasteiger partial charge in [0.25, 0.3) is 0 Å². The predicted molar refractivity (Wildman–Crippen MR) is 51.8 cm³/mol. The number of amides is 1. The number of nitrogens with two attached hydrogens (primary N) is 1. The molecule has 0 heterocycles. The van der Waals surface area contributed by atoms with E-state index in [1.54, 1.807) is 32.0 Å². The van der Waals surface area contributed by atoms with E-state index in [4.69, 9.17) is 10.5 Å². The monoisotopic (exact) mass is 195 g/mol. The van der Waals surface area contributed by atoms with Gasteiger partial charge in [0.05, 0.1) is 0 Å². The number of hydrogen-bond acceptors (Lipinski definition) is 3. The summed E-state index contributed by atoms with van der Waals surface area (Å²) in [6, 6.07) is 6.51. The summed E-state index contributed by atoms with van der Waals surface area (Å²) in [6.45, 7) is 3.40. The van der Waals surface area contributed by atoms with Crippen LogP contribution >= 0.6 is 0 Å². The number of primary amides is 1. The lowest BCUT2D eigenvalue weighted by Crippen LogP contribution is -2.28. The average molecular weight is 195 g/mol. The van der Waals surface area contributed by atoms with Gasteiger partial charge in [-0.3, -0.25) is 0 Å². The molecule has 0 aliphatic heterocycles. The Hall–Kier alpha value is -1.71. The minimum Gasteiger partial charge on any atom is -0.508 e. The van der Waals surface area contributed by atoms with Crippen molar-refractivity contribution in [3.05, 3.63) is 29.8 Å². The predicted octanol–water partition coefficient (Wildman–Crippen LogP) is 1.72. The summed E-state index contributed by atoms with van der Waals surface area (Å²) < 4.78 is 4.91. The van der Waals surface area contributed by atoms with Gasteiger partial charge >= 0.3 is 6.09 Å². The smallest absolute Gasteiger partial charge is 0.405 e. The number of carbonyl (C=O) groups is 1. The van der Waals surface area contributed by atoms with E-state index in [9.17, 15) is 9.90 Å². The van der Waals surface area contributed by atoms with E-state index in [-0.39, 0.29) is 5.75 Å². The third-order valence-electron chi connectivity index (χ3n) is 1.90. The molecule has 0 aromatic heterocycles. The molecule has 76 valence electrons. The molecule has 0 atom stereocenters. The van der Waals surface area contributed by atoms with Crippen LogP contribution in [0.1, 0.15) is 19.4 Å². The van der Waals surface area contributed by atoms with Crippen molar-refractivity contribution in [3.63, 3.8) is 0 Å². The number of benzene rings is 1. The van der Waals surface area contributed by atoms with E-state index in [2.05, 4.69) is 0 Å². The van der Waals surface area contributed by atoms with Crippen molar-refractivity contribution in [1.29, 1.82) is 0 Å². The zero-order valence-electron chi connectivity index (χ0n) is 8.15. The van der Waals surface area contributed by atoms with E-state index >= 15 is 0 Å². The number of carbonyl (C=O) groups excluding carboxylic acids is 1. The summed E-state index contributed by atoms with van der Waals surface area (Å²) in [5.41, 5.74) is 4.79. The Morgan fingerprint density at radius 3 is 2.64 bits per heavy atom. The lowest BCUT2D eigenvalue weighted by molar-refractivity contribution is 0.0431. The minimum atomic E-state index is -0.835. The molecular weight excluding hydrogens is 182 g/mol. The molecule has 1 aromatic carbocycles. The molecule has 0 spiro atoms. The average Bonchev–Trinajstić information content (AvgIpc) is 2.01. The molecule has 14 heavy (non-hydrogen) atoms. The van der Waals surface area contributed by atoms with Crippen molar-refractivity contribution in [1.82, 2.24) is 0 Å². The maximum Gasteiger partial charge on any atom is 0.405 e. The Kier molecular flexibility index (Phi) is 2.65. The second kappa shape index (κ2) is 3.57. The maximum atomic E-state index is 10.6. The van der Waals surface area contributed by atoms with Gasteiger partial charge in [-0.1, -0.05) is 12.1 Å². The first-order valence-corrected chi connectivity index (χ1v) is 4.20. The lowest BCUT2D eigenvalue weighted by atomic mass is 9.98. The molecular formula is C10H13NO3. The Morgan fingerprint density at radius 2 is 2.14 bits per heavy atom. The molecule has 4 nitrogen and oxygen atoms in total. The van der Waals surface area contributed by atoms with Crippen molar-refractivity contribution in [2.45, 2.75) is 19.4 Å². The van der Waals surface area contributed by atoms with Crippen LogP contribution in [0.25, 0.3) is 0 Å². The van der Waals surface area contributed by atoms with E-state index in [1.165, 1.54) is 6.07 Å². The van der Waals surface area contributed by atoms with Crippen molar-refractivity contribution >= 4 is 6.09 Å². The van der Waals surface area contributed by atoms with Crippen LogP contribution in [0, 0.1) is 0 Å². The Morgan fingerprint density at radius 1 is 1.50 bits per heavy atom. The van der Waals surface area contributed by atoms with Gasteiger partial charge in [-0.25, -0.2) is 4.79 Å². The van der Waals surface area contributed by atoms with Crippen LogP contribution in [0.2, 0.25) is 0 Å². The van der Waals surface area contributed by atoms with Crippen LogP contribution in [0.15, 0.2) is 24.3 Å². The number of ether oxygens (including phenoxy) is 1. The summed E-state index contributed by atoms with van der Waals surface area (Å²) in [6.07, 6.45) is -0.835. The van der Waals surface area contributed by atoms with Gasteiger partial charge in [-0.05, 0) is 31.5 Å². The standard InChI is InChI=1S/C10H13NO3/c1-10(2,14-9(11)13)7-4-3-5-8(12)6-7/h3-6,12H,1-2H3,(H2,11,13). The molecule has 1 aromatic rings. The normalized spacial score (nSPS) is 11.0. The second-order valence-corrected chi connectivity index (χ2v) is 3.48. The SMILES string of the molecule is CC(C)(OC(N)=O)c1cccc(O)c1. The fourth-order valence-corrected chi connectivity index (χ4v) is 1.19. The van der Waals surface area contributed by atoms with Crippen LogP contribution in [-0.4, -0.2) is 11.2 Å². The van der Waals surface area contributed by atoms with Crippen LogP contribution in [-0.2, 0) is 10.3 Å². The molecule has 0 aliphatic rings. The third-order valence-corrected chi connectivity index (χ3v) is 1.90. The summed E-state index contributed by atoms with van der Waals surface area (Å²) in [5, 5.41) is 9.24. The van der Waals surface area contributed by atoms with Gasteiger partial charge in [0.1, 0.15) is 11.4 Å². The summed E-state index contributed by atoms with van der Waals surface area (Å²) in [5.74, 6) is 0.128. The van der Waals surface area contributed by atoms with Gasteiger partial charge in [0.15, 0.2) is 0 Å². The zero-order chi connectivity index (χ0) is 10.8. The Balaban J connectivity index is 2.97. The molecule has 0 radical (unpaired) electrons. The minimum absolute atomic E-state index is 0.128. The first-order chi connectivity index (χ1) is 6.42. The lowest BCUT2D eigenvalue weighted by Gasteiger charge is -2.24. The molecule has 1 rings (SSSR count). The number of rotatable bonds is 2. The van der Waals surface area contributed by atoms with Crippen LogP contribution < -0.4 is 5.73 Å². The highest BCUT2D eigenvalue weighted by Gasteiger charge is 2.24. The number of phenolic OH excluding ortho intramolecular Hbond substituents is 1. The van der Waals surface area contributed by atoms with E-state index in [0.29, 0.717) is 5.56 Å². The van der Waals surface area contributed by atoms with Crippen LogP contribution in [0.5, 0.6) is 5.75 Å². The third kappa shape index (κ3) is 2.39. The number of aromatic hydroxyl groups is 1. The second-order valence-electron chi connectivity index (χ2n) is 3.48. The number of phenols is 1. The molecule has 0 unspecified atom stereocenters. The molecule has 3 N–H and O–H groups in total. The van der Waals surface area contributed by atoms with Gasteiger partial charge < -0.3 is 15.6 Å². The molecule has 0 aliphatic carbocycles. The van der Waals surface area contributed by atoms with Crippen molar-refractivity contribution in [3.8, 4) is 5.75 Å². The van der Waals surface area contributed by atoms with Crippen molar-refractivity contribution in [2.24, 2.45) is 5.73 Å². The summed E-state index contributed by atoms with van der Waals surface area (Å²) in [7, 11) is 0. The van der Waals surface area contributed by atoms with Gasteiger partial charge in [0.2, 0.25) is 0 Å². The van der Waals surface area contributed by atoms with Gasteiger partial charge in [-0.2, -0.15) is 0 Å². The molecule has 0 saturated heterocycles. The fraction of sp³-hybridized carbons (Fsp3) is 0.300. The Bertz CT molecular complexity index is 347. The van der Waals surface area contributed by atoms with Gasteiger partial charge in [0, 0.05) is 0 Å². The highest BCUT2D eigenvalue weighted by molar-refractivity contribution is 5.65.